The minimum Gasteiger partial charge on any atom is -0.481 e. The lowest BCUT2D eigenvalue weighted by atomic mass is 9.66. The number of hydrogen-bond donors (Lipinski definition) is 1. The Bertz CT molecular complexity index is 161. The molecule has 0 aromatic rings. The van der Waals surface area contributed by atoms with E-state index in [-0.39, 0.29) is 0 Å². The average molecular weight is 172 g/mol. The van der Waals surface area contributed by atoms with Crippen molar-refractivity contribution in [1.29, 1.82) is 0 Å². The number of methoxy groups -OCH3 is 1. The third-order valence-electron chi connectivity index (χ3n) is 2.77. The molecule has 3 nitrogen and oxygen atoms in total. The molecule has 0 spiro atoms. The molecule has 1 saturated carbocycles. The van der Waals surface area contributed by atoms with Crippen LogP contribution in [0.1, 0.15) is 32.1 Å². The Kier molecular flexibility index (Phi) is 3.09. The molecule has 1 rings (SSSR count). The van der Waals surface area contributed by atoms with Gasteiger partial charge in [-0.25, -0.2) is 0 Å². The summed E-state index contributed by atoms with van der Waals surface area (Å²) in [4.78, 5) is 10.9. The molecule has 0 saturated heterocycles. The van der Waals surface area contributed by atoms with Gasteiger partial charge in [0.15, 0.2) is 0 Å². The van der Waals surface area contributed by atoms with Crippen LogP contribution in [0.15, 0.2) is 0 Å². The quantitative estimate of drug-likeness (QED) is 0.641. The molecule has 0 aromatic heterocycles. The Hall–Kier alpha value is -0.570. The largest absolute Gasteiger partial charge is 0.481 e. The van der Waals surface area contributed by atoms with Crippen molar-refractivity contribution in [2.24, 2.45) is 5.41 Å². The van der Waals surface area contributed by atoms with Gasteiger partial charge < -0.3 is 9.84 Å². The van der Waals surface area contributed by atoms with E-state index in [0.29, 0.717) is 6.61 Å². The van der Waals surface area contributed by atoms with Crippen molar-refractivity contribution >= 4 is 5.97 Å². The first-order valence-corrected chi connectivity index (χ1v) is 4.44. The third kappa shape index (κ3) is 1.78. The van der Waals surface area contributed by atoms with Gasteiger partial charge in [0.2, 0.25) is 0 Å². The standard InChI is InChI=1S/C9H16O3/c1-12-7-3-6-9(8(10)11)4-2-5-9/h2-7H2,1H3,(H,10,11). The van der Waals surface area contributed by atoms with Crippen molar-refractivity contribution in [3.8, 4) is 0 Å². The van der Waals surface area contributed by atoms with Crippen molar-refractivity contribution in [3.05, 3.63) is 0 Å². The maximum absolute atomic E-state index is 10.9. The number of aliphatic carboxylic acids is 1. The Labute approximate surface area is 72.7 Å². The highest BCUT2D eigenvalue weighted by Crippen LogP contribution is 2.44. The molecule has 0 atom stereocenters. The number of carbonyl (C=O) groups is 1. The SMILES string of the molecule is COCCCC1(C(=O)O)CCC1. The second-order valence-electron chi connectivity index (χ2n) is 3.54. The van der Waals surface area contributed by atoms with E-state index in [2.05, 4.69) is 0 Å². The normalized spacial score (nSPS) is 20.1. The zero-order valence-corrected chi connectivity index (χ0v) is 7.51. The fourth-order valence-electron chi connectivity index (χ4n) is 1.73. The first-order valence-electron chi connectivity index (χ1n) is 4.44. The zero-order chi connectivity index (χ0) is 9.03. The van der Waals surface area contributed by atoms with Crippen LogP contribution in [0.4, 0.5) is 0 Å². The van der Waals surface area contributed by atoms with Crippen LogP contribution in [0.5, 0.6) is 0 Å². The minimum absolute atomic E-state index is 0.390. The van der Waals surface area contributed by atoms with Gasteiger partial charge in [0.1, 0.15) is 0 Å². The highest BCUT2D eigenvalue weighted by molar-refractivity contribution is 5.75. The van der Waals surface area contributed by atoms with Gasteiger partial charge in [0, 0.05) is 13.7 Å². The molecule has 1 fully saturated rings. The maximum atomic E-state index is 10.9. The van der Waals surface area contributed by atoms with Crippen LogP contribution >= 0.6 is 0 Å². The predicted molar refractivity (Wildman–Crippen MR) is 45.0 cm³/mol. The van der Waals surface area contributed by atoms with E-state index in [4.69, 9.17) is 9.84 Å². The van der Waals surface area contributed by atoms with Crippen molar-refractivity contribution in [2.75, 3.05) is 13.7 Å². The molecule has 1 aliphatic rings. The second-order valence-corrected chi connectivity index (χ2v) is 3.54. The van der Waals surface area contributed by atoms with E-state index in [1.165, 1.54) is 0 Å². The Morgan fingerprint density at radius 3 is 2.58 bits per heavy atom. The van der Waals surface area contributed by atoms with Gasteiger partial charge in [-0.05, 0) is 25.7 Å². The lowest BCUT2D eigenvalue weighted by Crippen LogP contribution is -2.37. The Balaban J connectivity index is 2.30. The summed E-state index contributed by atoms with van der Waals surface area (Å²) in [7, 11) is 1.65. The van der Waals surface area contributed by atoms with Crippen molar-refractivity contribution in [1.82, 2.24) is 0 Å². The van der Waals surface area contributed by atoms with Crippen LogP contribution in [0.3, 0.4) is 0 Å². The smallest absolute Gasteiger partial charge is 0.309 e. The fraction of sp³-hybridized carbons (Fsp3) is 0.889. The van der Waals surface area contributed by atoms with Crippen LogP contribution in [0.25, 0.3) is 0 Å². The summed E-state index contributed by atoms with van der Waals surface area (Å²) in [6.45, 7) is 0.676. The van der Waals surface area contributed by atoms with Gasteiger partial charge in [0.25, 0.3) is 0 Å². The zero-order valence-electron chi connectivity index (χ0n) is 7.51. The summed E-state index contributed by atoms with van der Waals surface area (Å²) in [6, 6.07) is 0. The molecule has 12 heavy (non-hydrogen) atoms. The first kappa shape index (κ1) is 9.52. The summed E-state index contributed by atoms with van der Waals surface area (Å²) in [5, 5.41) is 8.94. The summed E-state index contributed by atoms with van der Waals surface area (Å²) in [6.07, 6.45) is 4.41. The number of carboxylic acids is 1. The van der Waals surface area contributed by atoms with E-state index >= 15 is 0 Å². The van der Waals surface area contributed by atoms with Gasteiger partial charge in [-0.3, -0.25) is 4.79 Å². The van der Waals surface area contributed by atoms with Crippen LogP contribution in [0.2, 0.25) is 0 Å². The van der Waals surface area contributed by atoms with Crippen molar-refractivity contribution < 1.29 is 14.6 Å². The average Bonchev–Trinajstić information content (AvgIpc) is 1.94. The molecule has 3 heteroatoms. The van der Waals surface area contributed by atoms with Gasteiger partial charge >= 0.3 is 5.97 Å². The molecule has 0 aromatic carbocycles. The van der Waals surface area contributed by atoms with Crippen molar-refractivity contribution in [3.63, 3.8) is 0 Å². The van der Waals surface area contributed by atoms with Gasteiger partial charge in [0.05, 0.1) is 5.41 Å². The number of rotatable bonds is 5. The number of carboxylic acid groups (broad SMARTS) is 1. The molecule has 70 valence electrons. The summed E-state index contributed by atoms with van der Waals surface area (Å²) >= 11 is 0. The molecule has 0 unspecified atom stereocenters. The van der Waals surface area contributed by atoms with E-state index in [1.54, 1.807) is 7.11 Å². The van der Waals surface area contributed by atoms with Crippen LogP contribution in [0, 0.1) is 5.41 Å². The molecule has 0 amide bonds. The molecule has 0 radical (unpaired) electrons. The van der Waals surface area contributed by atoms with Gasteiger partial charge in [-0.2, -0.15) is 0 Å². The van der Waals surface area contributed by atoms with E-state index in [9.17, 15) is 4.79 Å². The van der Waals surface area contributed by atoms with E-state index < -0.39 is 11.4 Å². The fourth-order valence-corrected chi connectivity index (χ4v) is 1.73. The highest BCUT2D eigenvalue weighted by Gasteiger charge is 2.43. The molecular formula is C9H16O3. The van der Waals surface area contributed by atoms with Crippen LogP contribution in [-0.2, 0) is 9.53 Å². The second kappa shape index (κ2) is 3.90. The monoisotopic (exact) mass is 172 g/mol. The first-order chi connectivity index (χ1) is 5.71. The highest BCUT2D eigenvalue weighted by atomic mass is 16.5. The number of hydrogen-bond acceptors (Lipinski definition) is 2. The molecule has 1 aliphatic carbocycles. The van der Waals surface area contributed by atoms with Crippen LogP contribution in [-0.4, -0.2) is 24.8 Å². The third-order valence-corrected chi connectivity index (χ3v) is 2.77. The van der Waals surface area contributed by atoms with Crippen LogP contribution < -0.4 is 0 Å². The van der Waals surface area contributed by atoms with Crippen molar-refractivity contribution in [2.45, 2.75) is 32.1 Å². The summed E-state index contributed by atoms with van der Waals surface area (Å²) in [5.41, 5.74) is -0.390. The van der Waals surface area contributed by atoms with Gasteiger partial charge in [-0.1, -0.05) is 6.42 Å². The topological polar surface area (TPSA) is 46.5 Å². The van der Waals surface area contributed by atoms with E-state index in [1.807, 2.05) is 0 Å². The Morgan fingerprint density at radius 1 is 1.58 bits per heavy atom. The number of ether oxygens (including phenoxy) is 1. The predicted octanol–water partition coefficient (Wildman–Crippen LogP) is 1.67. The maximum Gasteiger partial charge on any atom is 0.309 e. The molecule has 0 heterocycles. The summed E-state index contributed by atoms with van der Waals surface area (Å²) < 4.78 is 4.89. The molecule has 0 aliphatic heterocycles. The van der Waals surface area contributed by atoms with E-state index in [0.717, 1.165) is 32.1 Å². The molecular weight excluding hydrogens is 156 g/mol. The Morgan fingerprint density at radius 2 is 2.25 bits per heavy atom. The lowest BCUT2D eigenvalue weighted by Gasteiger charge is -2.37. The molecule has 0 bridgehead atoms. The minimum atomic E-state index is -0.621. The lowest BCUT2D eigenvalue weighted by molar-refractivity contribution is -0.155. The van der Waals surface area contributed by atoms with Gasteiger partial charge in [-0.15, -0.1) is 0 Å². The summed E-state index contributed by atoms with van der Waals surface area (Å²) in [5.74, 6) is -0.621. The molecule has 1 N–H and O–H groups in total.